The van der Waals surface area contributed by atoms with Crippen molar-refractivity contribution in [2.75, 3.05) is 19.3 Å². The highest BCUT2D eigenvalue weighted by molar-refractivity contribution is 7.90. The van der Waals surface area contributed by atoms with E-state index in [0.717, 1.165) is 17.4 Å². The van der Waals surface area contributed by atoms with Crippen LogP contribution in [0.15, 0.2) is 27.8 Å². The molecule has 7 nitrogen and oxygen atoms in total. The number of benzene rings is 1. The third-order valence-electron chi connectivity index (χ3n) is 4.62. The average molecular weight is 363 g/mol. The quantitative estimate of drug-likeness (QED) is 0.829. The Morgan fingerprint density at radius 3 is 2.40 bits per heavy atom. The molecule has 1 aliphatic rings. The zero-order valence-corrected chi connectivity index (χ0v) is 15.3. The summed E-state index contributed by atoms with van der Waals surface area (Å²) in [4.78, 5) is 14.5. The van der Waals surface area contributed by atoms with E-state index in [1.165, 1.54) is 0 Å². The van der Waals surface area contributed by atoms with E-state index in [2.05, 4.69) is 10.2 Å². The Balaban J connectivity index is 1.66. The third-order valence-corrected chi connectivity index (χ3v) is 5.42. The fraction of sp³-hybridized carbons (Fsp3) is 0.471. The number of rotatable bonds is 3. The minimum Gasteiger partial charge on any atom is -0.412 e. The molecule has 3 rings (SSSR count). The van der Waals surface area contributed by atoms with Gasteiger partial charge in [0, 0.05) is 30.8 Å². The summed E-state index contributed by atoms with van der Waals surface area (Å²) in [6.45, 7) is 5.16. The second-order valence-corrected chi connectivity index (χ2v) is 8.44. The number of hydrogen-bond donors (Lipinski definition) is 0. The van der Waals surface area contributed by atoms with E-state index in [0.29, 0.717) is 37.4 Å². The van der Waals surface area contributed by atoms with Crippen molar-refractivity contribution in [1.82, 2.24) is 15.1 Å². The topological polar surface area (TPSA) is 93.4 Å². The Morgan fingerprint density at radius 2 is 1.84 bits per heavy atom. The lowest BCUT2D eigenvalue weighted by Crippen LogP contribution is -2.38. The van der Waals surface area contributed by atoms with E-state index in [9.17, 15) is 13.2 Å². The summed E-state index contributed by atoms with van der Waals surface area (Å²) in [6.07, 6.45) is 2.37. The number of sulfone groups is 1. The summed E-state index contributed by atoms with van der Waals surface area (Å²) in [5, 5.41) is 7.10. The summed E-state index contributed by atoms with van der Waals surface area (Å²) in [7, 11) is -3.49. The lowest BCUT2D eigenvalue weighted by molar-refractivity contribution is 0.0705. The molecule has 1 saturated heterocycles. The van der Waals surface area contributed by atoms with Crippen molar-refractivity contribution in [2.24, 2.45) is 0 Å². The van der Waals surface area contributed by atoms with Crippen molar-refractivity contribution in [3.8, 4) is 0 Å². The van der Waals surface area contributed by atoms with Gasteiger partial charge in [0.2, 0.25) is 15.7 Å². The van der Waals surface area contributed by atoms with Crippen LogP contribution in [0.2, 0.25) is 0 Å². The summed E-state index contributed by atoms with van der Waals surface area (Å²) < 4.78 is 28.1. The molecule has 1 aromatic heterocycles. The summed E-state index contributed by atoms with van der Waals surface area (Å²) in [5.74, 6) is 0.328. The van der Waals surface area contributed by atoms with Crippen molar-refractivity contribution in [2.45, 2.75) is 37.8 Å². The van der Waals surface area contributed by atoms with Crippen LogP contribution < -0.4 is 0 Å². The minimum atomic E-state index is -3.49. The van der Waals surface area contributed by atoms with E-state index in [-0.39, 0.29) is 17.0 Å². The first-order valence-corrected chi connectivity index (χ1v) is 10.0. The highest BCUT2D eigenvalue weighted by Crippen LogP contribution is 2.28. The molecule has 25 heavy (non-hydrogen) atoms. The van der Waals surface area contributed by atoms with Gasteiger partial charge < -0.3 is 9.32 Å². The molecule has 0 spiro atoms. The fourth-order valence-corrected chi connectivity index (χ4v) is 3.35. The van der Waals surface area contributed by atoms with Crippen LogP contribution in [-0.2, 0) is 9.84 Å². The summed E-state index contributed by atoms with van der Waals surface area (Å²) in [5.41, 5.74) is 2.95. The maximum Gasteiger partial charge on any atom is 0.335 e. The monoisotopic (exact) mass is 363 g/mol. The molecule has 1 aromatic carbocycles. The van der Waals surface area contributed by atoms with Gasteiger partial charge in [-0.1, -0.05) is 11.2 Å². The number of nitrogens with zero attached hydrogens (tertiary/aromatic N) is 3. The van der Waals surface area contributed by atoms with Gasteiger partial charge in [-0.05, 0) is 49.9 Å². The van der Waals surface area contributed by atoms with Gasteiger partial charge in [0.25, 0.3) is 5.91 Å². The maximum absolute atomic E-state index is 12.6. The predicted octanol–water partition coefficient (Wildman–Crippen LogP) is 2.11. The van der Waals surface area contributed by atoms with Gasteiger partial charge >= 0.3 is 5.22 Å². The first-order chi connectivity index (χ1) is 11.8. The van der Waals surface area contributed by atoms with Crippen LogP contribution >= 0.6 is 0 Å². The van der Waals surface area contributed by atoms with E-state index in [1.807, 2.05) is 36.9 Å². The average Bonchev–Trinajstić information content (AvgIpc) is 3.07. The highest BCUT2D eigenvalue weighted by Gasteiger charge is 2.29. The number of aryl methyl sites for hydroxylation is 2. The molecule has 8 heteroatoms. The minimum absolute atomic E-state index is 0.0175. The molecule has 0 radical (unpaired) electrons. The highest BCUT2D eigenvalue weighted by atomic mass is 32.2. The van der Waals surface area contributed by atoms with Crippen LogP contribution in [0.4, 0.5) is 0 Å². The Bertz CT molecular complexity index is 896. The van der Waals surface area contributed by atoms with Gasteiger partial charge in [0.05, 0.1) is 0 Å². The lowest BCUT2D eigenvalue weighted by atomic mass is 9.96. The number of hydrogen-bond acceptors (Lipinski definition) is 6. The van der Waals surface area contributed by atoms with E-state index in [1.54, 1.807) is 0 Å². The molecule has 0 N–H and O–H groups in total. The van der Waals surface area contributed by atoms with Gasteiger partial charge in [-0.25, -0.2) is 8.42 Å². The number of amides is 1. The second-order valence-electron chi connectivity index (χ2n) is 6.54. The van der Waals surface area contributed by atoms with E-state index >= 15 is 0 Å². The van der Waals surface area contributed by atoms with Crippen molar-refractivity contribution in [3.05, 3.63) is 40.8 Å². The third kappa shape index (κ3) is 3.73. The molecule has 2 heterocycles. The van der Waals surface area contributed by atoms with Crippen LogP contribution in [0.25, 0.3) is 0 Å². The number of likely N-dealkylation sites (tertiary alicyclic amines) is 1. The molecule has 1 fully saturated rings. The molecule has 2 aromatic rings. The molecule has 0 atom stereocenters. The van der Waals surface area contributed by atoms with E-state index in [4.69, 9.17) is 4.42 Å². The fourth-order valence-electron chi connectivity index (χ4n) is 2.92. The van der Waals surface area contributed by atoms with Crippen molar-refractivity contribution >= 4 is 15.7 Å². The first kappa shape index (κ1) is 17.6. The normalized spacial score (nSPS) is 16.2. The van der Waals surface area contributed by atoms with Gasteiger partial charge in [0.1, 0.15) is 0 Å². The smallest absolute Gasteiger partial charge is 0.335 e. The van der Waals surface area contributed by atoms with E-state index < -0.39 is 9.84 Å². The van der Waals surface area contributed by atoms with Crippen molar-refractivity contribution in [3.63, 3.8) is 0 Å². The van der Waals surface area contributed by atoms with Crippen LogP contribution in [0.5, 0.6) is 0 Å². The van der Waals surface area contributed by atoms with Crippen LogP contribution in [-0.4, -0.2) is 48.8 Å². The number of piperidine rings is 1. The number of carbonyl (C=O) groups excluding carboxylic acids is 1. The molecule has 1 amide bonds. The molecular weight excluding hydrogens is 342 g/mol. The molecule has 1 aliphatic heterocycles. The maximum atomic E-state index is 12.6. The summed E-state index contributed by atoms with van der Waals surface area (Å²) in [6, 6.07) is 5.73. The Labute approximate surface area is 147 Å². The van der Waals surface area contributed by atoms with Gasteiger partial charge in [-0.3, -0.25) is 4.79 Å². The first-order valence-electron chi connectivity index (χ1n) is 8.15. The second kappa shape index (κ2) is 6.59. The Morgan fingerprint density at radius 1 is 1.16 bits per heavy atom. The lowest BCUT2D eigenvalue weighted by Gasteiger charge is -2.30. The van der Waals surface area contributed by atoms with Crippen molar-refractivity contribution < 1.29 is 17.6 Å². The summed E-state index contributed by atoms with van der Waals surface area (Å²) >= 11 is 0. The van der Waals surface area contributed by atoms with Gasteiger partial charge in [0.15, 0.2) is 0 Å². The van der Waals surface area contributed by atoms with Crippen molar-refractivity contribution in [1.29, 1.82) is 0 Å². The predicted molar refractivity (Wildman–Crippen MR) is 91.2 cm³/mol. The Hall–Kier alpha value is -2.22. The Kier molecular flexibility index (Phi) is 4.64. The zero-order valence-electron chi connectivity index (χ0n) is 14.5. The van der Waals surface area contributed by atoms with Crippen LogP contribution in [0.3, 0.4) is 0 Å². The molecule has 0 saturated carbocycles. The zero-order chi connectivity index (χ0) is 18.2. The number of aromatic nitrogens is 2. The van der Waals surface area contributed by atoms with Crippen LogP contribution in [0.1, 0.15) is 46.1 Å². The SMILES string of the molecule is Cc1ccc(C(=O)N2CCC(c3nnc(S(C)(=O)=O)o3)CC2)cc1C. The number of carbonyl (C=O) groups is 1. The molecular formula is C17H21N3O4S. The van der Waals surface area contributed by atoms with Gasteiger partial charge in [-0.2, -0.15) is 0 Å². The van der Waals surface area contributed by atoms with Gasteiger partial charge in [-0.15, -0.1) is 5.10 Å². The molecule has 0 unspecified atom stereocenters. The molecule has 134 valence electrons. The molecule has 0 aliphatic carbocycles. The van der Waals surface area contributed by atoms with Crippen LogP contribution in [0, 0.1) is 13.8 Å². The largest absolute Gasteiger partial charge is 0.412 e. The molecule has 0 bridgehead atoms. The standard InChI is InChI=1S/C17H21N3O4S/c1-11-4-5-14(10-12(11)2)16(21)20-8-6-13(7-9-20)15-18-19-17(24-15)25(3,22)23/h4-5,10,13H,6-9H2,1-3H3.